The summed E-state index contributed by atoms with van der Waals surface area (Å²) in [6, 6.07) is 39.2. The molecular weight excluding hydrogens is 548 g/mol. The first-order valence-electron chi connectivity index (χ1n) is 14.8. The fraction of sp³-hybridized carbons (Fsp3) is 0.184. The van der Waals surface area contributed by atoms with E-state index in [0.717, 1.165) is 42.2 Å². The second kappa shape index (κ2) is 11.0. The van der Waals surface area contributed by atoms with E-state index < -0.39 is 14.8 Å². The van der Waals surface area contributed by atoms with Crippen molar-refractivity contribution < 1.29 is 9.53 Å². The molecule has 1 aliphatic carbocycles. The van der Waals surface area contributed by atoms with Crippen LogP contribution in [-0.4, -0.2) is 30.4 Å². The third kappa shape index (κ3) is 4.50. The van der Waals surface area contributed by atoms with Crippen molar-refractivity contribution in [3.63, 3.8) is 0 Å². The number of nitrogens with zero attached hydrogens (tertiary/aromatic N) is 2. The van der Waals surface area contributed by atoms with Gasteiger partial charge in [-0.1, -0.05) is 72.8 Å². The molecule has 2 aliphatic heterocycles. The highest BCUT2D eigenvalue weighted by atomic mass is 32.3. The first-order chi connectivity index (χ1) is 21.0. The van der Waals surface area contributed by atoms with E-state index in [4.69, 9.17) is 4.74 Å². The molecule has 0 radical (unpaired) electrons. The van der Waals surface area contributed by atoms with Gasteiger partial charge < -0.3 is 14.5 Å². The van der Waals surface area contributed by atoms with Gasteiger partial charge >= 0.3 is 0 Å². The molecule has 216 valence electrons. The lowest BCUT2D eigenvalue weighted by molar-refractivity contribution is -0.113. The second-order valence-corrected chi connectivity index (χ2v) is 15.1. The maximum atomic E-state index is 13.8. The Balaban J connectivity index is 1.34. The van der Waals surface area contributed by atoms with E-state index in [-0.39, 0.29) is 5.78 Å². The molecule has 4 nitrogen and oxygen atoms in total. The lowest BCUT2D eigenvalue weighted by atomic mass is 9.90. The summed E-state index contributed by atoms with van der Waals surface area (Å²) in [6.45, 7) is 1.61. The Morgan fingerprint density at radius 3 is 1.86 bits per heavy atom. The summed E-state index contributed by atoms with van der Waals surface area (Å²) in [5, 5.41) is 0. The molecule has 7 rings (SSSR count). The van der Waals surface area contributed by atoms with Crippen LogP contribution in [0.5, 0.6) is 0 Å². The van der Waals surface area contributed by atoms with Crippen LogP contribution < -0.4 is 9.80 Å². The van der Waals surface area contributed by atoms with Crippen LogP contribution in [0.2, 0.25) is 0 Å². The number of hydrogen-bond donors (Lipinski definition) is 0. The van der Waals surface area contributed by atoms with Gasteiger partial charge in [-0.25, -0.2) is 0 Å². The Labute approximate surface area is 255 Å². The Morgan fingerprint density at radius 2 is 1.30 bits per heavy atom. The van der Waals surface area contributed by atoms with E-state index in [1.165, 1.54) is 20.9 Å². The zero-order valence-electron chi connectivity index (χ0n) is 24.6. The highest BCUT2D eigenvalue weighted by molar-refractivity contribution is 8.36. The highest BCUT2D eigenvalue weighted by Crippen LogP contribution is 2.80. The van der Waals surface area contributed by atoms with Gasteiger partial charge in [0.1, 0.15) is 10.5 Å². The van der Waals surface area contributed by atoms with Gasteiger partial charge in [0.05, 0.1) is 11.8 Å². The summed E-state index contributed by atoms with van der Waals surface area (Å²) < 4.78 is 5.69. The number of allylic oxidation sites excluding steroid dienone is 3. The topological polar surface area (TPSA) is 32.8 Å². The van der Waals surface area contributed by atoms with Gasteiger partial charge in [-0.15, -0.1) is 0 Å². The minimum Gasteiger partial charge on any atom is -0.467 e. The van der Waals surface area contributed by atoms with Gasteiger partial charge in [0.2, 0.25) is 0 Å². The Morgan fingerprint density at radius 1 is 0.744 bits per heavy atom. The number of rotatable bonds is 8. The maximum Gasteiger partial charge on any atom is 0.172 e. The minimum atomic E-state index is -1.87. The molecule has 0 saturated carbocycles. The number of benzene rings is 4. The molecule has 2 heterocycles. The Kier molecular flexibility index (Phi) is 6.98. The molecule has 2 unspecified atom stereocenters. The normalized spacial score (nSPS) is 23.3. The molecule has 1 saturated heterocycles. The number of ketones is 1. The first-order valence-corrected chi connectivity index (χ1v) is 16.6. The molecule has 4 aromatic rings. The van der Waals surface area contributed by atoms with Crippen LogP contribution in [0.4, 0.5) is 11.4 Å². The Hall–Kier alpha value is -4.48. The molecule has 0 amide bonds. The summed E-state index contributed by atoms with van der Waals surface area (Å²) >= 11 is 0. The van der Waals surface area contributed by atoms with E-state index in [1.54, 1.807) is 6.26 Å². The number of ether oxygens (including phenoxy) is 1. The zero-order valence-corrected chi connectivity index (χ0v) is 25.5. The predicted octanol–water partition coefficient (Wildman–Crippen LogP) is 8.26. The van der Waals surface area contributed by atoms with Crippen LogP contribution >= 0.6 is 10.0 Å². The fourth-order valence-corrected chi connectivity index (χ4v) is 11.6. The molecule has 0 N–H and O–H groups in total. The van der Waals surface area contributed by atoms with E-state index in [1.807, 2.05) is 0 Å². The number of hydrogen-bond acceptors (Lipinski definition) is 4. The smallest absolute Gasteiger partial charge is 0.172 e. The molecule has 43 heavy (non-hydrogen) atoms. The zero-order chi connectivity index (χ0) is 29.4. The fourth-order valence-electron chi connectivity index (χ4n) is 6.83. The van der Waals surface area contributed by atoms with Crippen LogP contribution in [0.15, 0.2) is 155 Å². The van der Waals surface area contributed by atoms with Gasteiger partial charge in [0.25, 0.3) is 0 Å². The van der Waals surface area contributed by atoms with Crippen molar-refractivity contribution in [1.82, 2.24) is 0 Å². The van der Waals surface area contributed by atoms with E-state index in [0.29, 0.717) is 5.75 Å². The number of Topliss-reactive ketones (excluding diaryl/α,β-unsaturated/α-hetero) is 1. The monoisotopic (exact) mass is 584 g/mol. The van der Waals surface area contributed by atoms with Crippen LogP contribution in [0.25, 0.3) is 0 Å². The first kappa shape index (κ1) is 27.4. The molecule has 0 aromatic heterocycles. The summed E-state index contributed by atoms with van der Waals surface area (Å²) in [4.78, 5) is 20.8. The van der Waals surface area contributed by atoms with Crippen molar-refractivity contribution in [3.8, 4) is 0 Å². The summed E-state index contributed by atoms with van der Waals surface area (Å²) in [5.41, 5.74) is 5.67. The van der Waals surface area contributed by atoms with Crippen molar-refractivity contribution in [1.29, 1.82) is 0 Å². The molecule has 5 heteroatoms. The summed E-state index contributed by atoms with van der Waals surface area (Å²) in [6.07, 6.45) is 8.83. The molecule has 2 atom stereocenters. The van der Waals surface area contributed by atoms with Gasteiger partial charge in [-0.3, -0.25) is 4.79 Å². The van der Waals surface area contributed by atoms with Crippen molar-refractivity contribution >= 4 is 27.2 Å². The van der Waals surface area contributed by atoms with Crippen LogP contribution in [0, 0.1) is 0 Å². The van der Waals surface area contributed by atoms with Crippen LogP contribution in [0.3, 0.4) is 0 Å². The second-order valence-electron chi connectivity index (χ2n) is 11.7. The average Bonchev–Trinajstić information content (AvgIpc) is 3.56. The highest BCUT2D eigenvalue weighted by Gasteiger charge is 2.64. The van der Waals surface area contributed by atoms with Gasteiger partial charge in [-0.2, -0.15) is 10.0 Å². The molecular formula is C38H36N2O2S. The number of carbonyl (C=O) groups is 1. The maximum absolute atomic E-state index is 13.8. The van der Waals surface area contributed by atoms with Gasteiger partial charge in [0.15, 0.2) is 5.78 Å². The molecule has 1 spiro atoms. The van der Waals surface area contributed by atoms with E-state index in [2.05, 4.69) is 151 Å². The predicted molar refractivity (Wildman–Crippen MR) is 178 cm³/mol. The lowest BCUT2D eigenvalue weighted by Crippen LogP contribution is -2.35. The molecule has 4 aromatic carbocycles. The van der Waals surface area contributed by atoms with Crippen molar-refractivity contribution in [2.24, 2.45) is 0 Å². The van der Waals surface area contributed by atoms with E-state index in [9.17, 15) is 4.79 Å². The number of carbonyl (C=O) groups excluding carboxylic acids is 1. The number of anilines is 2. The third-order valence-corrected chi connectivity index (χ3v) is 13.6. The van der Waals surface area contributed by atoms with Gasteiger partial charge in [0, 0.05) is 44.3 Å². The molecule has 0 bridgehead atoms. The SMILES string of the molecule is CN(C)c1ccc(S2(c3ccc(N(Cc4ccccc4)Cc4ccccc4)cc3)CC(=O)C3=COC4=CC=CCC432)cc1. The largest absolute Gasteiger partial charge is 0.467 e. The average molecular weight is 585 g/mol. The van der Waals surface area contributed by atoms with Crippen molar-refractivity contribution in [2.45, 2.75) is 34.0 Å². The molecule has 1 fully saturated rings. The third-order valence-electron chi connectivity index (χ3n) is 8.96. The van der Waals surface area contributed by atoms with Gasteiger partial charge in [-0.05, 0) is 81.9 Å². The van der Waals surface area contributed by atoms with E-state index >= 15 is 0 Å². The minimum absolute atomic E-state index is 0.198. The van der Waals surface area contributed by atoms with Crippen molar-refractivity contribution in [2.75, 3.05) is 29.6 Å². The summed E-state index contributed by atoms with van der Waals surface area (Å²) in [7, 11) is 2.25. The summed E-state index contributed by atoms with van der Waals surface area (Å²) in [5.74, 6) is 1.59. The quantitative estimate of drug-likeness (QED) is 0.209. The lowest BCUT2D eigenvalue weighted by Gasteiger charge is -2.50. The Bertz CT molecular complexity index is 1690. The molecule has 3 aliphatic rings. The standard InChI is InChI=1S/C38H36N2O2S/c1-39(2)31-16-20-33(21-17-31)43(28-36(41)35-27-42-37-15-9-10-24-38(35,37)43)34-22-18-32(19-23-34)40(25-29-11-5-3-6-12-29)26-30-13-7-4-8-14-30/h3-23,27H,24-26,28H2,1-2H3. The van der Waals surface area contributed by atoms with Crippen LogP contribution in [0.1, 0.15) is 17.5 Å². The van der Waals surface area contributed by atoms with Crippen LogP contribution in [-0.2, 0) is 22.6 Å². The van der Waals surface area contributed by atoms with Crippen molar-refractivity contribution in [3.05, 3.63) is 156 Å².